The minimum absolute atomic E-state index is 0.0544. The van der Waals surface area contributed by atoms with Gasteiger partial charge in [-0.15, -0.1) is 0 Å². The lowest BCUT2D eigenvalue weighted by Gasteiger charge is -2.04. The molecule has 0 spiro atoms. The summed E-state index contributed by atoms with van der Waals surface area (Å²) < 4.78 is 6.82. The first kappa shape index (κ1) is 15.6. The Hall–Kier alpha value is -3.88. The van der Waals surface area contributed by atoms with E-state index in [4.69, 9.17) is 4.74 Å². The number of H-pyrrole nitrogens is 1. The summed E-state index contributed by atoms with van der Waals surface area (Å²) in [5.74, 6) is -0.839. The molecule has 4 aromatic rings. The van der Waals surface area contributed by atoms with E-state index in [-0.39, 0.29) is 22.7 Å². The third-order valence-corrected chi connectivity index (χ3v) is 3.93. The SMILES string of the molecule is COc1cccn2c(C(=O)Nc3nc4c(C(=O)O)cccc4[nH]3)cnc12. The summed E-state index contributed by atoms with van der Waals surface area (Å²) in [4.78, 5) is 35.1. The van der Waals surface area contributed by atoms with Gasteiger partial charge in [0.05, 0.1) is 24.4 Å². The molecule has 0 aliphatic heterocycles. The van der Waals surface area contributed by atoms with Gasteiger partial charge in [-0.1, -0.05) is 6.07 Å². The largest absolute Gasteiger partial charge is 0.493 e. The van der Waals surface area contributed by atoms with Crippen molar-refractivity contribution in [3.63, 3.8) is 0 Å². The van der Waals surface area contributed by atoms with Crippen LogP contribution in [-0.2, 0) is 0 Å². The number of rotatable bonds is 4. The highest BCUT2D eigenvalue weighted by Crippen LogP contribution is 2.21. The van der Waals surface area contributed by atoms with Crippen LogP contribution in [0.3, 0.4) is 0 Å². The van der Waals surface area contributed by atoms with Gasteiger partial charge >= 0.3 is 5.97 Å². The number of benzene rings is 1. The van der Waals surface area contributed by atoms with Crippen LogP contribution in [0.5, 0.6) is 5.75 Å². The molecule has 0 saturated heterocycles. The number of fused-ring (bicyclic) bond motifs is 2. The number of carbonyl (C=O) groups excluding carboxylic acids is 1. The number of imidazole rings is 2. The van der Waals surface area contributed by atoms with Gasteiger partial charge in [-0.2, -0.15) is 0 Å². The predicted molar refractivity (Wildman–Crippen MR) is 92.8 cm³/mol. The Morgan fingerprint density at radius 2 is 2.12 bits per heavy atom. The van der Waals surface area contributed by atoms with Crippen molar-refractivity contribution in [3.05, 3.63) is 54.0 Å². The molecule has 9 nitrogen and oxygen atoms in total. The second kappa shape index (κ2) is 5.88. The van der Waals surface area contributed by atoms with Crippen molar-refractivity contribution in [1.82, 2.24) is 19.4 Å². The standard InChI is InChI=1S/C17H13N5O4/c1-26-12-6-3-7-22-11(8-18-14(12)22)15(23)21-17-19-10-5-2-4-9(16(24)25)13(10)20-17/h2-8H,1H3,(H,24,25)(H2,19,20,21,23). The van der Waals surface area contributed by atoms with Crippen LogP contribution in [0.25, 0.3) is 16.7 Å². The van der Waals surface area contributed by atoms with E-state index >= 15 is 0 Å². The van der Waals surface area contributed by atoms with E-state index in [2.05, 4.69) is 20.3 Å². The van der Waals surface area contributed by atoms with Gasteiger partial charge in [-0.05, 0) is 24.3 Å². The number of hydrogen-bond acceptors (Lipinski definition) is 5. The van der Waals surface area contributed by atoms with Crippen molar-refractivity contribution >= 4 is 34.5 Å². The summed E-state index contributed by atoms with van der Waals surface area (Å²) in [6, 6.07) is 8.23. The fourth-order valence-corrected chi connectivity index (χ4v) is 2.75. The molecule has 3 aromatic heterocycles. The van der Waals surface area contributed by atoms with Gasteiger partial charge in [0.2, 0.25) is 5.95 Å². The number of para-hydroxylation sites is 1. The molecule has 0 unspecified atom stereocenters. The van der Waals surface area contributed by atoms with E-state index in [0.29, 0.717) is 16.9 Å². The molecule has 0 fully saturated rings. The first-order valence-electron chi connectivity index (χ1n) is 7.62. The molecule has 3 N–H and O–H groups in total. The summed E-state index contributed by atoms with van der Waals surface area (Å²) in [6.07, 6.45) is 3.12. The highest BCUT2D eigenvalue weighted by molar-refractivity contribution is 6.05. The summed E-state index contributed by atoms with van der Waals surface area (Å²) in [5, 5.41) is 11.9. The van der Waals surface area contributed by atoms with Gasteiger partial charge in [-0.3, -0.25) is 14.5 Å². The van der Waals surface area contributed by atoms with Gasteiger partial charge in [0, 0.05) is 6.20 Å². The van der Waals surface area contributed by atoms with Gasteiger partial charge < -0.3 is 14.8 Å². The zero-order valence-electron chi connectivity index (χ0n) is 13.6. The van der Waals surface area contributed by atoms with Gasteiger partial charge in [0.15, 0.2) is 11.4 Å². The molecule has 1 aromatic carbocycles. The lowest BCUT2D eigenvalue weighted by Crippen LogP contribution is -2.15. The fourth-order valence-electron chi connectivity index (χ4n) is 2.75. The van der Waals surface area contributed by atoms with Crippen LogP contribution in [-0.4, -0.2) is 43.4 Å². The Kier molecular flexibility index (Phi) is 3.54. The quantitative estimate of drug-likeness (QED) is 0.518. The van der Waals surface area contributed by atoms with Crippen LogP contribution in [0.2, 0.25) is 0 Å². The Morgan fingerprint density at radius 3 is 2.88 bits per heavy atom. The third kappa shape index (κ3) is 2.42. The Labute approximate surface area is 146 Å². The van der Waals surface area contributed by atoms with Crippen LogP contribution < -0.4 is 10.1 Å². The van der Waals surface area contributed by atoms with Crippen LogP contribution in [0.15, 0.2) is 42.7 Å². The molecule has 130 valence electrons. The lowest BCUT2D eigenvalue weighted by molar-refractivity contribution is 0.0698. The molecule has 0 atom stereocenters. The van der Waals surface area contributed by atoms with Crippen molar-refractivity contribution in [2.24, 2.45) is 0 Å². The van der Waals surface area contributed by atoms with E-state index < -0.39 is 11.9 Å². The van der Waals surface area contributed by atoms with Crippen LogP contribution in [0.4, 0.5) is 5.95 Å². The first-order valence-corrected chi connectivity index (χ1v) is 7.62. The number of aromatic nitrogens is 4. The topological polar surface area (TPSA) is 122 Å². The highest BCUT2D eigenvalue weighted by Gasteiger charge is 2.17. The number of nitrogens with one attached hydrogen (secondary N) is 2. The number of pyridine rings is 1. The molecule has 0 saturated carbocycles. The minimum atomic E-state index is -1.09. The van der Waals surface area contributed by atoms with E-state index in [0.717, 1.165) is 0 Å². The van der Waals surface area contributed by atoms with E-state index in [1.54, 1.807) is 34.9 Å². The summed E-state index contributed by atoms with van der Waals surface area (Å²) in [5.41, 5.74) is 1.64. The van der Waals surface area contributed by atoms with Gasteiger partial charge in [-0.25, -0.2) is 14.8 Å². The average Bonchev–Trinajstić information content (AvgIpc) is 3.24. The molecule has 1 amide bonds. The van der Waals surface area contributed by atoms with Gasteiger partial charge in [0.25, 0.3) is 5.91 Å². The van der Waals surface area contributed by atoms with Crippen molar-refractivity contribution < 1.29 is 19.4 Å². The number of carboxylic acid groups (broad SMARTS) is 1. The van der Waals surface area contributed by atoms with Crippen molar-refractivity contribution in [2.75, 3.05) is 12.4 Å². The summed E-state index contributed by atoms with van der Waals surface area (Å²) in [7, 11) is 1.53. The Balaban J connectivity index is 1.70. The maximum atomic E-state index is 12.6. The number of methoxy groups -OCH3 is 1. The fraction of sp³-hybridized carbons (Fsp3) is 0.0588. The van der Waals surface area contributed by atoms with E-state index in [9.17, 15) is 14.7 Å². The van der Waals surface area contributed by atoms with E-state index in [1.807, 2.05) is 0 Å². The smallest absolute Gasteiger partial charge is 0.337 e. The number of amides is 1. The molecular formula is C17H13N5O4. The zero-order valence-corrected chi connectivity index (χ0v) is 13.6. The van der Waals surface area contributed by atoms with Gasteiger partial charge in [0.1, 0.15) is 11.2 Å². The van der Waals surface area contributed by atoms with Crippen LogP contribution in [0.1, 0.15) is 20.8 Å². The summed E-state index contributed by atoms with van der Waals surface area (Å²) in [6.45, 7) is 0. The number of ether oxygens (including phenoxy) is 1. The lowest BCUT2D eigenvalue weighted by atomic mass is 10.2. The second-order valence-corrected chi connectivity index (χ2v) is 5.46. The molecule has 0 aliphatic carbocycles. The monoisotopic (exact) mass is 351 g/mol. The third-order valence-electron chi connectivity index (χ3n) is 3.93. The van der Waals surface area contributed by atoms with E-state index in [1.165, 1.54) is 19.4 Å². The molecular weight excluding hydrogens is 338 g/mol. The predicted octanol–water partition coefficient (Wildman–Crippen LogP) is 2.17. The number of aromatic amines is 1. The van der Waals surface area contributed by atoms with Crippen molar-refractivity contribution in [1.29, 1.82) is 0 Å². The Morgan fingerprint density at radius 1 is 1.27 bits per heavy atom. The molecule has 4 rings (SSSR count). The number of carbonyl (C=O) groups is 2. The zero-order chi connectivity index (χ0) is 18.3. The normalized spacial score (nSPS) is 11.0. The number of hydrogen-bond donors (Lipinski definition) is 3. The maximum Gasteiger partial charge on any atom is 0.337 e. The summed E-state index contributed by atoms with van der Waals surface area (Å²) >= 11 is 0. The van der Waals surface area contributed by atoms with Crippen molar-refractivity contribution in [2.45, 2.75) is 0 Å². The number of aromatic carboxylic acids is 1. The number of nitrogens with zero attached hydrogens (tertiary/aromatic N) is 3. The Bertz CT molecular complexity index is 1160. The van der Waals surface area contributed by atoms with Crippen LogP contribution in [0, 0.1) is 0 Å². The molecule has 0 radical (unpaired) electrons. The highest BCUT2D eigenvalue weighted by atomic mass is 16.5. The minimum Gasteiger partial charge on any atom is -0.493 e. The van der Waals surface area contributed by atoms with Crippen LogP contribution >= 0.6 is 0 Å². The first-order chi connectivity index (χ1) is 12.6. The molecule has 3 heterocycles. The maximum absolute atomic E-state index is 12.6. The molecule has 9 heteroatoms. The molecule has 26 heavy (non-hydrogen) atoms. The average molecular weight is 351 g/mol. The number of anilines is 1. The number of carboxylic acids is 1. The molecule has 0 aliphatic rings. The second-order valence-electron chi connectivity index (χ2n) is 5.46. The molecule has 0 bridgehead atoms. The van der Waals surface area contributed by atoms with Crippen molar-refractivity contribution in [3.8, 4) is 5.75 Å².